The molecule has 1 amide bonds. The number of rotatable bonds is 9. The molecule has 2 N–H and O–H groups in total. The number of aromatic nitrogens is 1. The highest BCUT2D eigenvalue weighted by atomic mass is 32.1. The van der Waals surface area contributed by atoms with Crippen LogP contribution in [0, 0.1) is 5.92 Å². The summed E-state index contributed by atoms with van der Waals surface area (Å²) in [5.74, 6) is -0.715. The van der Waals surface area contributed by atoms with Crippen LogP contribution in [-0.4, -0.2) is 53.2 Å². The van der Waals surface area contributed by atoms with Gasteiger partial charge in [-0.15, -0.1) is 11.3 Å². The summed E-state index contributed by atoms with van der Waals surface area (Å²) in [6.45, 7) is 5.56. The second kappa shape index (κ2) is 10.7. The minimum Gasteiger partial charge on any atom is -0.470 e. The van der Waals surface area contributed by atoms with Crippen molar-refractivity contribution in [2.75, 3.05) is 7.11 Å². The summed E-state index contributed by atoms with van der Waals surface area (Å²) in [4.78, 5) is 33.8. The Hall–Kier alpha value is -2.78. The normalized spacial score (nSPS) is 20.6. The molecule has 9 heteroatoms. The monoisotopic (exact) mass is 459 g/mol. The van der Waals surface area contributed by atoms with Crippen LogP contribution in [0.4, 0.5) is 0 Å². The molecule has 1 aromatic carbocycles. The quantitative estimate of drug-likeness (QED) is 0.558. The number of carbonyl (C=O) groups is 2. The Morgan fingerprint density at radius 3 is 2.69 bits per heavy atom. The van der Waals surface area contributed by atoms with Gasteiger partial charge in [0.05, 0.1) is 7.11 Å². The number of amides is 1. The van der Waals surface area contributed by atoms with Crippen LogP contribution in [-0.2, 0) is 25.5 Å². The van der Waals surface area contributed by atoms with E-state index in [1.54, 1.807) is 12.3 Å². The third-order valence-electron chi connectivity index (χ3n) is 5.53. The van der Waals surface area contributed by atoms with Crippen molar-refractivity contribution in [3.63, 3.8) is 0 Å². The highest BCUT2D eigenvalue weighted by Gasteiger charge is 2.37. The van der Waals surface area contributed by atoms with Crippen LogP contribution in [0.15, 0.2) is 40.7 Å². The minimum absolute atomic E-state index is 0.0836. The number of nitrogens with zero attached hydrogens (tertiary/aromatic N) is 2. The number of ether oxygens (including phenoxy) is 2. The number of aliphatic hydroxyl groups excluding tert-OH is 1. The Morgan fingerprint density at radius 2 is 2.03 bits per heavy atom. The number of hydrogen-bond acceptors (Lipinski definition) is 8. The molecule has 0 saturated carbocycles. The van der Waals surface area contributed by atoms with Gasteiger partial charge in [0.1, 0.15) is 29.0 Å². The maximum atomic E-state index is 12.8. The SMILES string of the molecule is CC[C@H](C)[C@@H](NC(=O)[C@H]1N=C(c2csc([C@H](O)Cc3ccccc3)n2)O[C@H]1C)C(=O)OC. The predicted octanol–water partition coefficient (Wildman–Crippen LogP) is 2.66. The molecule has 0 spiro atoms. The molecule has 0 bridgehead atoms. The third kappa shape index (κ3) is 5.52. The number of methoxy groups -OCH3 is 1. The van der Waals surface area contributed by atoms with Crippen molar-refractivity contribution >= 4 is 29.1 Å². The summed E-state index contributed by atoms with van der Waals surface area (Å²) >= 11 is 1.32. The number of thiazole rings is 1. The fourth-order valence-corrected chi connectivity index (χ4v) is 4.18. The van der Waals surface area contributed by atoms with E-state index < -0.39 is 36.2 Å². The van der Waals surface area contributed by atoms with Crippen LogP contribution in [0.3, 0.4) is 0 Å². The van der Waals surface area contributed by atoms with Crippen LogP contribution in [0.2, 0.25) is 0 Å². The smallest absolute Gasteiger partial charge is 0.328 e. The van der Waals surface area contributed by atoms with Crippen molar-refractivity contribution in [2.45, 2.75) is 57.9 Å². The number of nitrogens with one attached hydrogen (secondary N) is 1. The summed E-state index contributed by atoms with van der Waals surface area (Å²) in [5, 5.41) is 15.6. The average molecular weight is 460 g/mol. The molecule has 1 aliphatic heterocycles. The number of hydrogen-bond donors (Lipinski definition) is 2. The molecular formula is C23H29N3O5S. The largest absolute Gasteiger partial charge is 0.470 e. The van der Waals surface area contributed by atoms with Crippen molar-refractivity contribution in [3.05, 3.63) is 52.0 Å². The summed E-state index contributed by atoms with van der Waals surface area (Å²) in [6.07, 6.45) is -0.101. The molecule has 0 aliphatic carbocycles. The lowest BCUT2D eigenvalue weighted by molar-refractivity contribution is -0.146. The van der Waals surface area contributed by atoms with Crippen molar-refractivity contribution < 1.29 is 24.2 Å². The molecule has 2 aromatic rings. The molecule has 172 valence electrons. The van der Waals surface area contributed by atoms with E-state index in [1.807, 2.05) is 44.2 Å². The summed E-state index contributed by atoms with van der Waals surface area (Å²) < 4.78 is 10.6. The van der Waals surface area contributed by atoms with Crippen LogP contribution in [0.1, 0.15) is 49.6 Å². The molecular weight excluding hydrogens is 430 g/mol. The first kappa shape index (κ1) is 23.9. The van der Waals surface area contributed by atoms with E-state index in [0.29, 0.717) is 23.5 Å². The predicted molar refractivity (Wildman–Crippen MR) is 121 cm³/mol. The molecule has 8 nitrogen and oxygen atoms in total. The Bertz CT molecular complexity index is 962. The van der Waals surface area contributed by atoms with Crippen molar-refractivity contribution in [3.8, 4) is 0 Å². The van der Waals surface area contributed by atoms with E-state index >= 15 is 0 Å². The fourth-order valence-electron chi connectivity index (χ4n) is 3.40. The number of aliphatic hydroxyl groups is 1. The first-order chi connectivity index (χ1) is 15.3. The molecule has 1 aliphatic rings. The second-order valence-electron chi connectivity index (χ2n) is 7.87. The van der Waals surface area contributed by atoms with Crippen molar-refractivity contribution in [1.29, 1.82) is 0 Å². The minimum atomic E-state index is -0.805. The van der Waals surface area contributed by atoms with Gasteiger partial charge in [0.2, 0.25) is 11.8 Å². The zero-order valence-electron chi connectivity index (χ0n) is 18.6. The topological polar surface area (TPSA) is 110 Å². The lowest BCUT2D eigenvalue weighted by Crippen LogP contribution is -2.50. The molecule has 0 saturated heterocycles. The first-order valence-electron chi connectivity index (χ1n) is 10.6. The van der Waals surface area contributed by atoms with E-state index in [4.69, 9.17) is 9.47 Å². The Morgan fingerprint density at radius 1 is 1.31 bits per heavy atom. The maximum absolute atomic E-state index is 12.8. The Kier molecular flexibility index (Phi) is 7.98. The van der Waals surface area contributed by atoms with Gasteiger partial charge in [-0.05, 0) is 18.4 Å². The highest BCUT2D eigenvalue weighted by Crippen LogP contribution is 2.25. The first-order valence-corrected chi connectivity index (χ1v) is 11.5. The van der Waals surface area contributed by atoms with Crippen LogP contribution < -0.4 is 5.32 Å². The molecule has 0 fully saturated rings. The van der Waals surface area contributed by atoms with E-state index in [2.05, 4.69) is 15.3 Å². The van der Waals surface area contributed by atoms with Gasteiger partial charge in [-0.3, -0.25) is 4.79 Å². The van der Waals surface area contributed by atoms with Gasteiger partial charge < -0.3 is 19.9 Å². The van der Waals surface area contributed by atoms with Gasteiger partial charge in [0.25, 0.3) is 0 Å². The van der Waals surface area contributed by atoms with Gasteiger partial charge in [0.15, 0.2) is 6.04 Å². The molecule has 32 heavy (non-hydrogen) atoms. The average Bonchev–Trinajstić information content (AvgIpc) is 3.44. The Balaban J connectivity index is 1.69. The molecule has 5 atom stereocenters. The van der Waals surface area contributed by atoms with Gasteiger partial charge in [-0.25, -0.2) is 14.8 Å². The maximum Gasteiger partial charge on any atom is 0.328 e. The number of carbonyl (C=O) groups excluding carboxylic acids is 2. The Labute approximate surface area is 191 Å². The van der Waals surface area contributed by atoms with Gasteiger partial charge in [0, 0.05) is 11.8 Å². The summed E-state index contributed by atoms with van der Waals surface area (Å²) in [5.41, 5.74) is 1.49. The number of esters is 1. The van der Waals surface area contributed by atoms with E-state index in [9.17, 15) is 14.7 Å². The lowest BCUT2D eigenvalue weighted by atomic mass is 9.98. The zero-order valence-corrected chi connectivity index (χ0v) is 19.5. The van der Waals surface area contributed by atoms with Crippen LogP contribution >= 0.6 is 11.3 Å². The lowest BCUT2D eigenvalue weighted by Gasteiger charge is -2.23. The standard InChI is InChI=1S/C23H29N3O5S/c1-5-13(2)18(23(29)30-4)25-20(28)19-14(3)31-21(26-19)16-12-32-22(24-16)17(27)11-15-9-7-6-8-10-15/h6-10,12-14,17-19,27H,5,11H2,1-4H3,(H,25,28)/t13-,14-,17+,18+,19-/m0/s1. The molecule has 0 radical (unpaired) electrons. The van der Waals surface area contributed by atoms with Crippen molar-refractivity contribution in [1.82, 2.24) is 10.3 Å². The van der Waals surface area contributed by atoms with Crippen molar-refractivity contribution in [2.24, 2.45) is 10.9 Å². The molecule has 0 unspecified atom stereocenters. The van der Waals surface area contributed by atoms with Crippen LogP contribution in [0.5, 0.6) is 0 Å². The number of benzene rings is 1. The summed E-state index contributed by atoms with van der Waals surface area (Å²) in [7, 11) is 1.30. The van der Waals surface area contributed by atoms with Gasteiger partial charge in [-0.2, -0.15) is 0 Å². The number of aliphatic imine (C=N–C) groups is 1. The molecule has 1 aromatic heterocycles. The van der Waals surface area contributed by atoms with Gasteiger partial charge in [-0.1, -0.05) is 50.6 Å². The van der Waals surface area contributed by atoms with Crippen LogP contribution in [0.25, 0.3) is 0 Å². The molecule has 2 heterocycles. The molecule has 3 rings (SSSR count). The fraction of sp³-hybridized carbons (Fsp3) is 0.478. The summed E-state index contributed by atoms with van der Waals surface area (Å²) in [6, 6.07) is 8.13. The highest BCUT2D eigenvalue weighted by molar-refractivity contribution is 7.09. The zero-order chi connectivity index (χ0) is 23.3. The second-order valence-corrected chi connectivity index (χ2v) is 8.76. The van der Waals surface area contributed by atoms with Gasteiger partial charge >= 0.3 is 5.97 Å². The van der Waals surface area contributed by atoms with E-state index in [-0.39, 0.29) is 11.8 Å². The van der Waals surface area contributed by atoms with E-state index in [1.165, 1.54) is 18.4 Å². The third-order valence-corrected chi connectivity index (χ3v) is 6.48. The van der Waals surface area contributed by atoms with E-state index in [0.717, 1.165) is 5.56 Å².